The minimum Gasteiger partial charge on any atom is -0.438 e. The fourth-order valence-corrected chi connectivity index (χ4v) is 2.83. The highest BCUT2D eigenvalue weighted by Crippen LogP contribution is 2.30. The molecule has 4 aromatic rings. The van der Waals surface area contributed by atoms with Crippen molar-refractivity contribution >= 4 is 29.0 Å². The van der Waals surface area contributed by atoms with Crippen LogP contribution in [0.4, 0.5) is 10.1 Å². The molecule has 5 nitrogen and oxygen atoms in total. The third-order valence-electron chi connectivity index (χ3n) is 4.13. The van der Waals surface area contributed by atoms with Crippen molar-refractivity contribution in [2.24, 2.45) is 0 Å². The molecule has 0 spiro atoms. The number of ether oxygens (including phenoxy) is 1. The molecule has 0 atom stereocenters. The highest BCUT2D eigenvalue weighted by atomic mass is 35.5. The van der Waals surface area contributed by atoms with Crippen molar-refractivity contribution in [2.45, 2.75) is 6.54 Å². The van der Waals surface area contributed by atoms with Crippen molar-refractivity contribution in [2.75, 3.05) is 12.4 Å². The lowest BCUT2D eigenvalue weighted by molar-refractivity contribution is 0.468. The molecule has 1 N–H and O–H groups in total. The van der Waals surface area contributed by atoms with Gasteiger partial charge in [0.15, 0.2) is 0 Å². The van der Waals surface area contributed by atoms with Gasteiger partial charge in [-0.2, -0.15) is 0 Å². The smallest absolute Gasteiger partial charge is 0.221 e. The number of pyridine rings is 2. The lowest BCUT2D eigenvalue weighted by atomic mass is 10.2. The van der Waals surface area contributed by atoms with Gasteiger partial charge in [0.25, 0.3) is 0 Å². The van der Waals surface area contributed by atoms with E-state index < -0.39 is 0 Å². The predicted octanol–water partition coefficient (Wildman–Crippen LogP) is 4.87. The molecule has 0 bridgehead atoms. The van der Waals surface area contributed by atoms with Crippen LogP contribution in [0.25, 0.3) is 10.9 Å². The van der Waals surface area contributed by atoms with E-state index in [4.69, 9.17) is 4.74 Å². The van der Waals surface area contributed by atoms with Crippen LogP contribution in [-0.4, -0.2) is 21.6 Å². The van der Waals surface area contributed by atoms with Gasteiger partial charge in [-0.15, -0.1) is 12.4 Å². The van der Waals surface area contributed by atoms with Crippen molar-refractivity contribution in [3.63, 3.8) is 0 Å². The third-order valence-corrected chi connectivity index (χ3v) is 4.13. The second-order valence-electron chi connectivity index (χ2n) is 5.84. The Bertz CT molecular complexity index is 1050. The van der Waals surface area contributed by atoms with Gasteiger partial charge in [0.05, 0.1) is 24.0 Å². The Balaban J connectivity index is 0.00000210. The zero-order valence-electron chi connectivity index (χ0n) is 14.6. The van der Waals surface area contributed by atoms with Crippen LogP contribution in [-0.2, 0) is 6.54 Å². The molecule has 0 fully saturated rings. The van der Waals surface area contributed by atoms with Gasteiger partial charge in [-0.05, 0) is 36.4 Å². The van der Waals surface area contributed by atoms with E-state index in [0.717, 1.165) is 28.0 Å². The summed E-state index contributed by atoms with van der Waals surface area (Å²) < 4.78 is 21.1. The van der Waals surface area contributed by atoms with Gasteiger partial charge in [0, 0.05) is 36.6 Å². The summed E-state index contributed by atoms with van der Waals surface area (Å²) in [5.74, 6) is 0.921. The van der Waals surface area contributed by atoms with E-state index in [-0.39, 0.29) is 18.2 Å². The molecule has 0 aliphatic carbocycles. The molecule has 3 heterocycles. The summed E-state index contributed by atoms with van der Waals surface area (Å²) in [5, 5.41) is 4.05. The molecule has 0 saturated heterocycles. The maximum Gasteiger partial charge on any atom is 0.221 e. The van der Waals surface area contributed by atoms with E-state index >= 15 is 0 Å². The van der Waals surface area contributed by atoms with Crippen LogP contribution in [0.5, 0.6) is 11.6 Å². The molecular formula is C20H18ClFN4O. The molecule has 7 heteroatoms. The first-order chi connectivity index (χ1) is 12.7. The van der Waals surface area contributed by atoms with Gasteiger partial charge in [-0.25, -0.2) is 9.37 Å². The number of halogens is 2. The number of hydrogen-bond acceptors (Lipinski definition) is 4. The number of benzene rings is 1. The Labute approximate surface area is 162 Å². The minimum absolute atomic E-state index is 0. The first-order valence-corrected chi connectivity index (χ1v) is 8.23. The highest BCUT2D eigenvalue weighted by Gasteiger charge is 2.09. The van der Waals surface area contributed by atoms with Crippen LogP contribution in [0.15, 0.2) is 67.1 Å². The second-order valence-corrected chi connectivity index (χ2v) is 5.84. The first kappa shape index (κ1) is 18.7. The molecule has 1 aromatic carbocycles. The minimum atomic E-state index is -0.335. The zero-order valence-corrected chi connectivity index (χ0v) is 15.4. The monoisotopic (exact) mass is 384 g/mol. The van der Waals surface area contributed by atoms with Gasteiger partial charge in [-0.1, -0.05) is 6.07 Å². The summed E-state index contributed by atoms with van der Waals surface area (Å²) in [6.07, 6.45) is 4.91. The van der Waals surface area contributed by atoms with Gasteiger partial charge in [0.2, 0.25) is 5.88 Å². The molecule has 0 aliphatic rings. The van der Waals surface area contributed by atoms with Crippen LogP contribution >= 0.6 is 12.4 Å². The predicted molar refractivity (Wildman–Crippen MR) is 106 cm³/mol. The maximum absolute atomic E-state index is 13.0. The average Bonchev–Trinajstić information content (AvgIpc) is 3.08. The average molecular weight is 385 g/mol. The molecule has 3 aromatic heterocycles. The SMILES string of the molecule is CNc1ccnc(Oc2cccc3c2ccn3Cc2ccc(F)cn2)c1.Cl. The first-order valence-electron chi connectivity index (χ1n) is 8.23. The summed E-state index contributed by atoms with van der Waals surface area (Å²) >= 11 is 0. The Morgan fingerprint density at radius 1 is 1.11 bits per heavy atom. The van der Waals surface area contributed by atoms with Crippen LogP contribution in [0.2, 0.25) is 0 Å². The maximum atomic E-state index is 13.0. The van der Waals surface area contributed by atoms with E-state index in [1.54, 1.807) is 12.3 Å². The Morgan fingerprint density at radius 2 is 2.00 bits per heavy atom. The van der Waals surface area contributed by atoms with E-state index in [9.17, 15) is 4.39 Å². The normalized spacial score (nSPS) is 10.4. The molecule has 27 heavy (non-hydrogen) atoms. The molecule has 4 rings (SSSR count). The number of hydrogen-bond donors (Lipinski definition) is 1. The zero-order chi connectivity index (χ0) is 17.9. The van der Waals surface area contributed by atoms with Gasteiger partial charge in [0.1, 0.15) is 11.6 Å². The summed E-state index contributed by atoms with van der Waals surface area (Å²) in [7, 11) is 1.85. The van der Waals surface area contributed by atoms with Gasteiger partial charge in [-0.3, -0.25) is 4.98 Å². The third kappa shape index (κ3) is 4.01. The largest absolute Gasteiger partial charge is 0.438 e. The quantitative estimate of drug-likeness (QED) is 0.533. The van der Waals surface area contributed by atoms with Crippen LogP contribution < -0.4 is 10.1 Å². The fourth-order valence-electron chi connectivity index (χ4n) is 2.83. The number of fused-ring (bicyclic) bond motifs is 1. The summed E-state index contributed by atoms with van der Waals surface area (Å²) in [5.41, 5.74) is 2.74. The molecule has 0 unspecified atom stereocenters. The van der Waals surface area contributed by atoms with Crippen LogP contribution in [0.3, 0.4) is 0 Å². The topological polar surface area (TPSA) is 52.0 Å². The lowest BCUT2D eigenvalue weighted by Crippen LogP contribution is -2.00. The van der Waals surface area contributed by atoms with Crippen molar-refractivity contribution in [1.82, 2.24) is 14.5 Å². The molecule has 138 valence electrons. The van der Waals surface area contributed by atoms with Crippen molar-refractivity contribution < 1.29 is 9.13 Å². The Morgan fingerprint density at radius 3 is 2.78 bits per heavy atom. The molecular weight excluding hydrogens is 367 g/mol. The van der Waals surface area contributed by atoms with E-state index in [0.29, 0.717) is 12.4 Å². The van der Waals surface area contributed by atoms with Gasteiger partial charge >= 0.3 is 0 Å². The summed E-state index contributed by atoms with van der Waals surface area (Å²) in [4.78, 5) is 8.38. The molecule has 0 radical (unpaired) electrons. The van der Waals surface area contributed by atoms with E-state index in [2.05, 4.69) is 19.9 Å². The van der Waals surface area contributed by atoms with Crippen molar-refractivity contribution in [1.29, 1.82) is 0 Å². The Kier molecular flexibility index (Phi) is 5.57. The fraction of sp³-hybridized carbons (Fsp3) is 0.100. The summed E-state index contributed by atoms with van der Waals surface area (Å²) in [6.45, 7) is 0.556. The number of anilines is 1. The van der Waals surface area contributed by atoms with Crippen molar-refractivity contribution in [3.05, 3.63) is 78.6 Å². The van der Waals surface area contributed by atoms with Crippen molar-refractivity contribution in [3.8, 4) is 11.6 Å². The highest BCUT2D eigenvalue weighted by molar-refractivity contribution is 5.86. The lowest BCUT2D eigenvalue weighted by Gasteiger charge is -2.09. The standard InChI is InChI=1S/C20H17FN4O.ClH/c1-22-15-7-9-23-20(11-15)26-19-4-2-3-18-17(19)8-10-25(18)13-16-6-5-14(21)12-24-16;/h2-12H,13H2,1H3,(H,22,23);1H. The van der Waals surface area contributed by atoms with Gasteiger partial charge < -0.3 is 14.6 Å². The molecule has 0 aliphatic heterocycles. The number of nitrogens with one attached hydrogen (secondary N) is 1. The van der Waals surface area contributed by atoms with Crippen LogP contribution in [0, 0.1) is 5.82 Å². The molecule has 0 saturated carbocycles. The second kappa shape index (κ2) is 8.05. The van der Waals surface area contributed by atoms with Crippen LogP contribution in [0.1, 0.15) is 5.69 Å². The Hall–Kier alpha value is -3.12. The van der Waals surface area contributed by atoms with E-state index in [1.165, 1.54) is 12.3 Å². The van der Waals surface area contributed by atoms with E-state index in [1.807, 2.05) is 49.6 Å². The molecule has 0 amide bonds. The number of rotatable bonds is 5. The number of nitrogens with zero attached hydrogens (tertiary/aromatic N) is 3. The summed E-state index contributed by atoms with van der Waals surface area (Å²) in [6, 6.07) is 14.7. The number of aromatic nitrogens is 3.